The Hall–Kier alpha value is -3.38. The van der Waals surface area contributed by atoms with E-state index in [1.807, 2.05) is 49.4 Å². The molecule has 0 saturated carbocycles. The second-order valence-electron chi connectivity index (χ2n) is 7.27. The van der Waals surface area contributed by atoms with Gasteiger partial charge in [-0.2, -0.15) is 10.1 Å². The number of aromatic nitrogens is 1. The number of methoxy groups -OCH3 is 1. The molecule has 146 valence electrons. The molecule has 0 radical (unpaired) electrons. The number of hydrogen-bond donors (Lipinski definition) is 0. The van der Waals surface area contributed by atoms with E-state index in [1.165, 1.54) is 5.01 Å². The SMILES string of the molecule is COc1ccc(N2N=C(C)/C(=C\c3cn(CC4CO4)c4ccccc34)C2=O)cc1. The number of rotatable bonds is 5. The van der Waals surface area contributed by atoms with E-state index in [0.717, 1.165) is 35.4 Å². The molecule has 0 bridgehead atoms. The van der Waals surface area contributed by atoms with Crippen LogP contribution < -0.4 is 9.75 Å². The monoisotopic (exact) mass is 387 g/mol. The summed E-state index contributed by atoms with van der Waals surface area (Å²) in [5, 5.41) is 7.04. The number of hydrogen-bond acceptors (Lipinski definition) is 4. The first-order chi connectivity index (χ1) is 14.1. The largest absolute Gasteiger partial charge is 0.497 e. The number of epoxide rings is 1. The van der Waals surface area contributed by atoms with Crippen molar-refractivity contribution >= 4 is 34.3 Å². The maximum absolute atomic E-state index is 13.1. The second kappa shape index (κ2) is 6.90. The third-order valence-corrected chi connectivity index (χ3v) is 5.30. The van der Waals surface area contributed by atoms with E-state index in [2.05, 4.69) is 28.0 Å². The van der Waals surface area contributed by atoms with Crippen LogP contribution in [-0.2, 0) is 16.1 Å². The summed E-state index contributed by atoms with van der Waals surface area (Å²) >= 11 is 0. The molecule has 5 rings (SSSR count). The summed E-state index contributed by atoms with van der Waals surface area (Å²) in [6.07, 6.45) is 4.32. The standard InChI is InChI=1S/C23H21N3O3/c1-15-21(23(27)26(24-15)17-7-9-18(28-2)10-8-17)11-16-12-25(13-19-14-29-19)22-6-4-3-5-20(16)22/h3-12,19H,13-14H2,1-2H3/b21-11+. The van der Waals surface area contributed by atoms with Gasteiger partial charge in [0.2, 0.25) is 0 Å². The fraction of sp³-hybridized carbons (Fsp3) is 0.217. The first kappa shape index (κ1) is 17.7. The molecule has 6 heteroatoms. The van der Waals surface area contributed by atoms with Crippen LogP contribution in [0.5, 0.6) is 5.75 Å². The van der Waals surface area contributed by atoms with Gasteiger partial charge in [-0.3, -0.25) is 4.79 Å². The normalized spacial score (nSPS) is 19.9. The van der Waals surface area contributed by atoms with Crippen LogP contribution in [0.1, 0.15) is 12.5 Å². The highest BCUT2D eigenvalue weighted by atomic mass is 16.6. The lowest BCUT2D eigenvalue weighted by molar-refractivity contribution is -0.114. The molecular formula is C23H21N3O3. The van der Waals surface area contributed by atoms with Gasteiger partial charge in [0.15, 0.2) is 0 Å². The van der Waals surface area contributed by atoms with Gasteiger partial charge >= 0.3 is 0 Å². The van der Waals surface area contributed by atoms with Gasteiger partial charge in [-0.15, -0.1) is 0 Å². The lowest BCUT2D eigenvalue weighted by Crippen LogP contribution is -2.21. The van der Waals surface area contributed by atoms with E-state index in [9.17, 15) is 4.79 Å². The average Bonchev–Trinajstić information content (AvgIpc) is 3.44. The summed E-state index contributed by atoms with van der Waals surface area (Å²) in [5.41, 5.74) is 4.17. The minimum atomic E-state index is -0.130. The van der Waals surface area contributed by atoms with Crippen molar-refractivity contribution in [3.8, 4) is 5.75 Å². The quantitative estimate of drug-likeness (QED) is 0.493. The molecule has 6 nitrogen and oxygen atoms in total. The Bertz CT molecular complexity index is 1150. The van der Waals surface area contributed by atoms with Gasteiger partial charge in [0, 0.05) is 22.7 Å². The van der Waals surface area contributed by atoms with Crippen LogP contribution in [0.3, 0.4) is 0 Å². The van der Waals surface area contributed by atoms with Gasteiger partial charge in [-0.1, -0.05) is 18.2 Å². The lowest BCUT2D eigenvalue weighted by Gasteiger charge is -2.12. The van der Waals surface area contributed by atoms with E-state index in [0.29, 0.717) is 17.0 Å². The Kier molecular flexibility index (Phi) is 4.21. The van der Waals surface area contributed by atoms with Gasteiger partial charge in [-0.25, -0.2) is 0 Å². The van der Waals surface area contributed by atoms with E-state index in [-0.39, 0.29) is 12.0 Å². The predicted molar refractivity (Wildman–Crippen MR) is 113 cm³/mol. The molecule has 0 N–H and O–H groups in total. The van der Waals surface area contributed by atoms with Crippen molar-refractivity contribution < 1.29 is 14.3 Å². The topological polar surface area (TPSA) is 59.4 Å². The summed E-state index contributed by atoms with van der Waals surface area (Å²) in [7, 11) is 1.62. The zero-order valence-electron chi connectivity index (χ0n) is 16.3. The molecule has 1 amide bonds. The highest BCUT2D eigenvalue weighted by Gasteiger charge is 2.29. The molecule has 1 unspecified atom stereocenters. The molecule has 1 saturated heterocycles. The van der Waals surface area contributed by atoms with E-state index in [1.54, 1.807) is 7.11 Å². The summed E-state index contributed by atoms with van der Waals surface area (Å²) in [4.78, 5) is 13.1. The zero-order chi connectivity index (χ0) is 20.0. The van der Waals surface area contributed by atoms with Crippen LogP contribution in [0.2, 0.25) is 0 Å². The van der Waals surface area contributed by atoms with Crippen molar-refractivity contribution in [1.82, 2.24) is 4.57 Å². The molecule has 2 aliphatic rings. The minimum absolute atomic E-state index is 0.130. The van der Waals surface area contributed by atoms with Crippen LogP contribution in [0.15, 0.2) is 65.4 Å². The smallest absolute Gasteiger partial charge is 0.280 e. The van der Waals surface area contributed by atoms with E-state index >= 15 is 0 Å². The molecule has 1 aromatic heterocycles. The van der Waals surface area contributed by atoms with E-state index in [4.69, 9.17) is 9.47 Å². The van der Waals surface area contributed by atoms with Crippen molar-refractivity contribution in [1.29, 1.82) is 0 Å². The summed E-state index contributed by atoms with van der Waals surface area (Å²) in [5.74, 6) is 0.610. The summed E-state index contributed by atoms with van der Waals surface area (Å²) in [6.45, 7) is 3.50. The first-order valence-electron chi connectivity index (χ1n) is 9.59. The molecule has 1 atom stereocenters. The first-order valence-corrected chi connectivity index (χ1v) is 9.59. The molecular weight excluding hydrogens is 366 g/mol. The molecule has 3 heterocycles. The van der Waals surface area contributed by atoms with Crippen LogP contribution in [0.25, 0.3) is 17.0 Å². The number of benzene rings is 2. The van der Waals surface area contributed by atoms with Crippen molar-refractivity contribution in [3.05, 3.63) is 65.9 Å². The van der Waals surface area contributed by atoms with Gasteiger partial charge < -0.3 is 14.0 Å². The number of amides is 1. The van der Waals surface area contributed by atoms with Crippen LogP contribution in [0.4, 0.5) is 5.69 Å². The summed E-state index contributed by atoms with van der Waals surface area (Å²) in [6, 6.07) is 15.5. The molecule has 0 aliphatic carbocycles. The Balaban J connectivity index is 1.50. The van der Waals surface area contributed by atoms with Crippen LogP contribution in [0, 0.1) is 0 Å². The van der Waals surface area contributed by atoms with Crippen molar-refractivity contribution in [2.75, 3.05) is 18.7 Å². The maximum atomic E-state index is 13.1. The van der Waals surface area contributed by atoms with Crippen LogP contribution in [-0.4, -0.2) is 36.0 Å². The van der Waals surface area contributed by atoms with E-state index < -0.39 is 0 Å². The fourth-order valence-corrected chi connectivity index (χ4v) is 3.67. The summed E-state index contributed by atoms with van der Waals surface area (Å²) < 4.78 is 12.8. The minimum Gasteiger partial charge on any atom is -0.497 e. The van der Waals surface area contributed by atoms with Crippen molar-refractivity contribution in [2.24, 2.45) is 5.10 Å². The van der Waals surface area contributed by atoms with Gasteiger partial charge in [0.1, 0.15) is 5.75 Å². The highest BCUT2D eigenvalue weighted by molar-refractivity contribution is 6.32. The van der Waals surface area contributed by atoms with Crippen LogP contribution >= 0.6 is 0 Å². The molecule has 3 aromatic rings. The number of fused-ring (bicyclic) bond motifs is 1. The number of carbonyl (C=O) groups excluding carboxylic acids is 1. The number of para-hydroxylation sites is 1. The third kappa shape index (κ3) is 3.21. The maximum Gasteiger partial charge on any atom is 0.280 e. The average molecular weight is 387 g/mol. The Morgan fingerprint density at radius 3 is 2.69 bits per heavy atom. The zero-order valence-corrected chi connectivity index (χ0v) is 16.3. The predicted octanol–water partition coefficient (Wildman–Crippen LogP) is 3.85. The lowest BCUT2D eigenvalue weighted by atomic mass is 10.1. The van der Waals surface area contributed by atoms with Crippen molar-refractivity contribution in [2.45, 2.75) is 19.6 Å². The number of hydrazone groups is 1. The Morgan fingerprint density at radius 1 is 1.21 bits per heavy atom. The molecule has 2 aliphatic heterocycles. The number of carbonyl (C=O) groups is 1. The number of nitrogens with zero attached hydrogens (tertiary/aromatic N) is 3. The second-order valence-corrected chi connectivity index (χ2v) is 7.27. The Morgan fingerprint density at radius 2 is 1.97 bits per heavy atom. The van der Waals surface area contributed by atoms with Gasteiger partial charge in [-0.05, 0) is 43.3 Å². The van der Waals surface area contributed by atoms with Gasteiger partial charge in [0.25, 0.3) is 5.91 Å². The molecule has 0 spiro atoms. The molecule has 1 fully saturated rings. The number of anilines is 1. The fourth-order valence-electron chi connectivity index (χ4n) is 3.67. The van der Waals surface area contributed by atoms with Gasteiger partial charge in [0.05, 0.1) is 43.3 Å². The number of ether oxygens (including phenoxy) is 2. The highest BCUT2D eigenvalue weighted by Crippen LogP contribution is 2.30. The third-order valence-electron chi connectivity index (χ3n) is 5.30. The Labute approximate surface area is 168 Å². The van der Waals surface area contributed by atoms with Crippen molar-refractivity contribution in [3.63, 3.8) is 0 Å². The molecule has 2 aromatic carbocycles. The molecule has 29 heavy (non-hydrogen) atoms.